The van der Waals surface area contributed by atoms with Crippen molar-refractivity contribution in [3.05, 3.63) is 42.5 Å². The lowest BCUT2D eigenvalue weighted by molar-refractivity contribution is 0.589. The van der Waals surface area contributed by atoms with Crippen molar-refractivity contribution < 1.29 is 4.39 Å². The molecule has 0 radical (unpaired) electrons. The predicted molar refractivity (Wildman–Crippen MR) is 41.3 cm³/mol. The molecular weight excluding hydrogens is 143 g/mol. The van der Waals surface area contributed by atoms with Gasteiger partial charge in [-0.25, -0.2) is 4.39 Å². The normalized spacial score (nSPS) is 12.5. The maximum atomic E-state index is 12.8. The van der Waals surface area contributed by atoms with Crippen LogP contribution >= 0.6 is 0 Å². The maximum absolute atomic E-state index is 12.8. The van der Waals surface area contributed by atoms with Crippen LogP contribution < -0.4 is 5.73 Å². The molecule has 0 bridgehead atoms. The third-order valence-electron chi connectivity index (χ3n) is 1.36. The topological polar surface area (TPSA) is 38.9 Å². The summed E-state index contributed by atoms with van der Waals surface area (Å²) in [5.41, 5.74) is 5.71. The first-order valence-electron chi connectivity index (χ1n) is 3.24. The number of aromatic nitrogens is 1. The van der Waals surface area contributed by atoms with Crippen LogP contribution in [-0.2, 0) is 0 Å². The first-order chi connectivity index (χ1) is 5.25. The lowest BCUT2D eigenvalue weighted by Gasteiger charge is -2.04. The molecule has 0 spiro atoms. The van der Waals surface area contributed by atoms with E-state index in [1.807, 2.05) is 0 Å². The Hall–Kier alpha value is -1.22. The van der Waals surface area contributed by atoms with E-state index in [4.69, 9.17) is 5.73 Å². The minimum Gasteiger partial charge on any atom is -0.319 e. The number of hydrogen-bond acceptors (Lipinski definition) is 2. The molecule has 1 aromatic heterocycles. The number of nitrogens with two attached hydrogens (primary N) is 1. The summed E-state index contributed by atoms with van der Waals surface area (Å²) in [6.45, 7) is 3.45. The average Bonchev–Trinajstić information content (AvgIpc) is 2.04. The van der Waals surface area contributed by atoms with Crippen LogP contribution in [0.2, 0.25) is 0 Å². The molecule has 2 nitrogen and oxygen atoms in total. The molecule has 11 heavy (non-hydrogen) atoms. The molecule has 3 heteroatoms. The van der Waals surface area contributed by atoms with Crippen molar-refractivity contribution in [2.24, 2.45) is 5.73 Å². The Morgan fingerprint density at radius 1 is 1.73 bits per heavy atom. The third-order valence-corrected chi connectivity index (χ3v) is 1.36. The Kier molecular flexibility index (Phi) is 2.33. The van der Waals surface area contributed by atoms with Crippen LogP contribution in [0.15, 0.2) is 31.0 Å². The molecule has 58 valence electrons. The highest BCUT2D eigenvalue weighted by atomic mass is 19.1. The van der Waals surface area contributed by atoms with Crippen molar-refractivity contribution >= 4 is 0 Å². The van der Waals surface area contributed by atoms with Gasteiger partial charge >= 0.3 is 0 Å². The molecule has 1 rings (SSSR count). The van der Waals surface area contributed by atoms with Crippen LogP contribution in [0.1, 0.15) is 11.7 Å². The Balaban J connectivity index is 3.02. The second-order valence-corrected chi connectivity index (χ2v) is 2.13. The van der Waals surface area contributed by atoms with Crippen LogP contribution in [0.4, 0.5) is 4.39 Å². The van der Waals surface area contributed by atoms with Crippen LogP contribution in [0, 0.1) is 5.82 Å². The monoisotopic (exact) mass is 152 g/mol. The van der Waals surface area contributed by atoms with E-state index < -0.39 is 6.04 Å². The second kappa shape index (κ2) is 3.25. The van der Waals surface area contributed by atoms with E-state index in [-0.39, 0.29) is 11.5 Å². The maximum Gasteiger partial charge on any atom is 0.146 e. The van der Waals surface area contributed by atoms with Crippen molar-refractivity contribution in [1.82, 2.24) is 4.98 Å². The van der Waals surface area contributed by atoms with Gasteiger partial charge in [0.1, 0.15) is 5.82 Å². The summed E-state index contributed by atoms with van der Waals surface area (Å²) in [7, 11) is 0. The van der Waals surface area contributed by atoms with Gasteiger partial charge in [0.05, 0.1) is 11.7 Å². The van der Waals surface area contributed by atoms with Gasteiger partial charge in [-0.05, 0) is 12.1 Å². The second-order valence-electron chi connectivity index (χ2n) is 2.13. The molecule has 0 fully saturated rings. The predicted octanol–water partition coefficient (Wildman–Crippen LogP) is 1.41. The van der Waals surface area contributed by atoms with Crippen LogP contribution in [0.25, 0.3) is 0 Å². The summed E-state index contributed by atoms with van der Waals surface area (Å²) in [6.07, 6.45) is 2.95. The molecule has 0 aliphatic rings. The zero-order chi connectivity index (χ0) is 8.27. The van der Waals surface area contributed by atoms with E-state index in [9.17, 15) is 4.39 Å². The molecule has 0 aliphatic carbocycles. The summed E-state index contributed by atoms with van der Waals surface area (Å²) < 4.78 is 12.8. The summed E-state index contributed by atoms with van der Waals surface area (Å²) >= 11 is 0. The van der Waals surface area contributed by atoms with Crippen molar-refractivity contribution in [1.29, 1.82) is 0 Å². The Morgan fingerprint density at radius 3 is 3.00 bits per heavy atom. The fourth-order valence-corrected chi connectivity index (χ4v) is 0.755. The van der Waals surface area contributed by atoms with E-state index in [0.717, 1.165) is 0 Å². The SMILES string of the molecule is C=CC(N)c1ncccc1F. The van der Waals surface area contributed by atoms with Crippen molar-refractivity contribution in [2.75, 3.05) is 0 Å². The zero-order valence-electron chi connectivity index (χ0n) is 6.00. The van der Waals surface area contributed by atoms with Gasteiger partial charge in [0.25, 0.3) is 0 Å². The third kappa shape index (κ3) is 1.62. The van der Waals surface area contributed by atoms with Crippen LogP contribution in [0.3, 0.4) is 0 Å². The van der Waals surface area contributed by atoms with Gasteiger partial charge in [0.15, 0.2) is 0 Å². The Bertz CT molecular complexity index is 260. The van der Waals surface area contributed by atoms with Gasteiger partial charge < -0.3 is 5.73 Å². The first-order valence-corrected chi connectivity index (χ1v) is 3.24. The highest BCUT2D eigenvalue weighted by Crippen LogP contribution is 2.10. The van der Waals surface area contributed by atoms with E-state index in [1.165, 1.54) is 24.4 Å². The van der Waals surface area contributed by atoms with Gasteiger partial charge in [-0.3, -0.25) is 4.98 Å². The summed E-state index contributed by atoms with van der Waals surface area (Å²) in [5, 5.41) is 0. The van der Waals surface area contributed by atoms with Gasteiger partial charge in [0, 0.05) is 6.20 Å². The molecule has 0 saturated carbocycles. The largest absolute Gasteiger partial charge is 0.319 e. The number of rotatable bonds is 2. The zero-order valence-corrected chi connectivity index (χ0v) is 6.00. The number of hydrogen-bond donors (Lipinski definition) is 1. The van der Waals surface area contributed by atoms with Crippen LogP contribution in [-0.4, -0.2) is 4.98 Å². The molecular formula is C8H9FN2. The van der Waals surface area contributed by atoms with Gasteiger partial charge in [-0.15, -0.1) is 6.58 Å². The highest BCUT2D eigenvalue weighted by Gasteiger charge is 2.07. The standard InChI is InChI=1S/C8H9FN2/c1-2-7(10)8-6(9)4-3-5-11-8/h2-5,7H,1,10H2. The molecule has 0 aromatic carbocycles. The molecule has 1 unspecified atom stereocenters. The van der Waals surface area contributed by atoms with Gasteiger partial charge in [0.2, 0.25) is 0 Å². The average molecular weight is 152 g/mol. The number of nitrogens with zero attached hydrogens (tertiary/aromatic N) is 1. The first kappa shape index (κ1) is 7.88. The molecule has 2 N–H and O–H groups in total. The van der Waals surface area contributed by atoms with Crippen molar-refractivity contribution in [3.8, 4) is 0 Å². The molecule has 1 atom stereocenters. The van der Waals surface area contributed by atoms with E-state index in [1.54, 1.807) is 0 Å². The minimum atomic E-state index is -0.517. The quantitative estimate of drug-likeness (QED) is 0.650. The lowest BCUT2D eigenvalue weighted by atomic mass is 10.2. The summed E-state index contributed by atoms with van der Waals surface area (Å²) in [5.74, 6) is -0.389. The smallest absolute Gasteiger partial charge is 0.146 e. The van der Waals surface area contributed by atoms with E-state index in [2.05, 4.69) is 11.6 Å². The van der Waals surface area contributed by atoms with Gasteiger partial charge in [-0.2, -0.15) is 0 Å². The van der Waals surface area contributed by atoms with Crippen LogP contribution in [0.5, 0.6) is 0 Å². The Morgan fingerprint density at radius 2 is 2.45 bits per heavy atom. The fourth-order valence-electron chi connectivity index (χ4n) is 0.755. The number of halogens is 1. The summed E-state index contributed by atoms with van der Waals surface area (Å²) in [4.78, 5) is 3.78. The van der Waals surface area contributed by atoms with Crippen molar-refractivity contribution in [3.63, 3.8) is 0 Å². The Labute approximate surface area is 64.6 Å². The molecule has 0 saturated heterocycles. The van der Waals surface area contributed by atoms with Crippen molar-refractivity contribution in [2.45, 2.75) is 6.04 Å². The van der Waals surface area contributed by atoms with E-state index >= 15 is 0 Å². The molecule has 0 aliphatic heterocycles. The number of pyridine rings is 1. The molecule has 0 amide bonds. The van der Waals surface area contributed by atoms with Gasteiger partial charge in [-0.1, -0.05) is 6.08 Å². The fraction of sp³-hybridized carbons (Fsp3) is 0.125. The minimum absolute atomic E-state index is 0.238. The molecule has 1 aromatic rings. The van der Waals surface area contributed by atoms with E-state index in [0.29, 0.717) is 0 Å². The molecule has 1 heterocycles. The highest BCUT2D eigenvalue weighted by molar-refractivity contribution is 5.14. The summed E-state index contributed by atoms with van der Waals surface area (Å²) in [6, 6.07) is 2.33. The lowest BCUT2D eigenvalue weighted by Crippen LogP contribution is -2.10.